The van der Waals surface area contributed by atoms with E-state index >= 15 is 0 Å². The van der Waals surface area contributed by atoms with Gasteiger partial charge in [0.2, 0.25) is 0 Å². The second-order valence-corrected chi connectivity index (χ2v) is 9.41. The molecule has 6 rings (SSSR count). The Balaban J connectivity index is 1.47. The van der Waals surface area contributed by atoms with Gasteiger partial charge in [-0.05, 0) is 53.3 Å². The first-order chi connectivity index (χ1) is 16.1. The molecule has 0 unspecified atom stereocenters. The van der Waals surface area contributed by atoms with Gasteiger partial charge in [0.25, 0.3) is 0 Å². The van der Waals surface area contributed by atoms with Crippen LogP contribution in [0.15, 0.2) is 66.3 Å². The van der Waals surface area contributed by atoms with Crippen LogP contribution in [0.2, 0.25) is 0 Å². The number of aromatic amines is 2. The monoisotopic (exact) mass is 450 g/mol. The summed E-state index contributed by atoms with van der Waals surface area (Å²) in [4.78, 5) is 13.8. The van der Waals surface area contributed by atoms with Crippen molar-refractivity contribution < 1.29 is 0 Å². The van der Waals surface area contributed by atoms with Crippen molar-refractivity contribution in [2.24, 2.45) is 0 Å². The molecule has 0 fully saturated rings. The van der Waals surface area contributed by atoms with Gasteiger partial charge in [-0.25, -0.2) is 4.98 Å². The zero-order valence-electron chi connectivity index (χ0n) is 18.3. The minimum Gasteiger partial charge on any atom is -0.397 e. The van der Waals surface area contributed by atoms with Crippen LogP contribution < -0.4 is 5.73 Å². The van der Waals surface area contributed by atoms with Crippen molar-refractivity contribution in [3.05, 3.63) is 72.0 Å². The molecule has 6 aromatic rings. The summed E-state index contributed by atoms with van der Waals surface area (Å²) in [7, 11) is 0. The van der Waals surface area contributed by atoms with E-state index in [1.54, 1.807) is 11.3 Å². The van der Waals surface area contributed by atoms with E-state index in [2.05, 4.69) is 80.8 Å². The van der Waals surface area contributed by atoms with Gasteiger partial charge < -0.3 is 10.7 Å². The van der Waals surface area contributed by atoms with Gasteiger partial charge in [0.1, 0.15) is 11.3 Å². The molecule has 0 atom stereocenters. The van der Waals surface area contributed by atoms with Gasteiger partial charge in [0.15, 0.2) is 0 Å². The number of H-pyrrole nitrogens is 2. The number of nitrogen functional groups attached to an aromatic ring is 1. The maximum Gasteiger partial charge on any atom is 0.138 e. The van der Waals surface area contributed by atoms with Gasteiger partial charge in [-0.2, -0.15) is 5.10 Å². The summed E-state index contributed by atoms with van der Waals surface area (Å²) in [5.41, 5.74) is 14.7. The van der Waals surface area contributed by atoms with Crippen molar-refractivity contribution in [3.63, 3.8) is 0 Å². The smallest absolute Gasteiger partial charge is 0.138 e. The minimum atomic E-state index is 0.289. The molecule has 0 spiro atoms. The predicted octanol–water partition coefficient (Wildman–Crippen LogP) is 6.60. The van der Waals surface area contributed by atoms with Gasteiger partial charge in [-0.1, -0.05) is 26.0 Å². The summed E-state index contributed by atoms with van der Waals surface area (Å²) in [5, 5.41) is 12.0. The summed E-state index contributed by atoms with van der Waals surface area (Å²) in [6, 6.07) is 16.7. The molecular formula is C26H22N6S. The average Bonchev–Trinajstić information content (AvgIpc) is 3.57. The van der Waals surface area contributed by atoms with Gasteiger partial charge in [0.05, 0.1) is 22.6 Å². The summed E-state index contributed by atoms with van der Waals surface area (Å²) in [6.45, 7) is 4.20. The number of hydrogen-bond acceptors (Lipinski definition) is 5. The SMILES string of the molecule is CC(C)c1ncc(-c2ccc3[nH]nc(-c4cc5c(-c6cccs6)ccnc5[nH]4)c3c2)cc1N. The molecule has 0 saturated heterocycles. The van der Waals surface area contributed by atoms with Crippen LogP contribution in [-0.4, -0.2) is 25.1 Å². The molecule has 33 heavy (non-hydrogen) atoms. The van der Waals surface area contributed by atoms with Gasteiger partial charge >= 0.3 is 0 Å². The lowest BCUT2D eigenvalue weighted by Gasteiger charge is -2.10. The van der Waals surface area contributed by atoms with E-state index in [9.17, 15) is 0 Å². The van der Waals surface area contributed by atoms with E-state index < -0.39 is 0 Å². The Labute approximate surface area is 194 Å². The van der Waals surface area contributed by atoms with E-state index in [0.717, 1.165) is 55.8 Å². The number of pyridine rings is 2. The number of aromatic nitrogens is 5. The lowest BCUT2D eigenvalue weighted by atomic mass is 10.0. The van der Waals surface area contributed by atoms with Gasteiger partial charge in [0, 0.05) is 39.2 Å². The highest BCUT2D eigenvalue weighted by molar-refractivity contribution is 7.13. The highest BCUT2D eigenvalue weighted by Gasteiger charge is 2.16. The molecule has 0 aliphatic heterocycles. The zero-order chi connectivity index (χ0) is 22.5. The third kappa shape index (κ3) is 3.29. The summed E-state index contributed by atoms with van der Waals surface area (Å²) in [5.74, 6) is 0.289. The van der Waals surface area contributed by atoms with Crippen LogP contribution in [0.5, 0.6) is 0 Å². The van der Waals surface area contributed by atoms with Crippen molar-refractivity contribution in [3.8, 4) is 33.0 Å². The molecule has 0 saturated carbocycles. The highest BCUT2D eigenvalue weighted by atomic mass is 32.1. The Kier molecular flexibility index (Phi) is 4.52. The van der Waals surface area contributed by atoms with Gasteiger partial charge in [-0.3, -0.25) is 10.1 Å². The fraction of sp³-hybridized carbons (Fsp3) is 0.115. The molecule has 1 aromatic carbocycles. The largest absolute Gasteiger partial charge is 0.397 e. The Morgan fingerprint density at radius 1 is 0.970 bits per heavy atom. The number of nitrogens with zero attached hydrogens (tertiary/aromatic N) is 3. The van der Waals surface area contributed by atoms with E-state index in [0.29, 0.717) is 0 Å². The lowest BCUT2D eigenvalue weighted by Crippen LogP contribution is -2.00. The summed E-state index contributed by atoms with van der Waals surface area (Å²) >= 11 is 1.72. The topological polar surface area (TPSA) is 96.3 Å². The maximum atomic E-state index is 6.28. The number of nitrogens with one attached hydrogen (secondary N) is 2. The quantitative estimate of drug-likeness (QED) is 0.282. The first kappa shape index (κ1) is 19.7. The summed E-state index contributed by atoms with van der Waals surface area (Å²) < 4.78 is 0. The Morgan fingerprint density at radius 3 is 2.67 bits per heavy atom. The number of thiophene rings is 1. The Hall–Kier alpha value is -3.97. The Bertz CT molecular complexity index is 1610. The molecule has 0 amide bonds. The molecular weight excluding hydrogens is 428 g/mol. The van der Waals surface area contributed by atoms with Crippen LogP contribution in [0, 0.1) is 0 Å². The van der Waals surface area contributed by atoms with Crippen LogP contribution >= 0.6 is 11.3 Å². The maximum absolute atomic E-state index is 6.28. The third-order valence-corrected chi connectivity index (χ3v) is 6.87. The predicted molar refractivity (Wildman–Crippen MR) is 136 cm³/mol. The fourth-order valence-corrected chi connectivity index (χ4v) is 5.10. The molecule has 6 nitrogen and oxygen atoms in total. The number of rotatable bonds is 4. The van der Waals surface area contributed by atoms with Crippen molar-refractivity contribution in [1.29, 1.82) is 0 Å². The molecule has 7 heteroatoms. The molecule has 0 aliphatic rings. The van der Waals surface area contributed by atoms with Crippen LogP contribution in [-0.2, 0) is 0 Å². The number of hydrogen-bond donors (Lipinski definition) is 3. The normalized spacial score (nSPS) is 11.7. The minimum absolute atomic E-state index is 0.289. The lowest BCUT2D eigenvalue weighted by molar-refractivity contribution is 0.827. The number of benzene rings is 1. The third-order valence-electron chi connectivity index (χ3n) is 5.97. The molecule has 4 N–H and O–H groups in total. The molecule has 0 radical (unpaired) electrons. The van der Waals surface area contributed by atoms with E-state index in [1.165, 1.54) is 10.4 Å². The molecule has 5 aromatic heterocycles. The Morgan fingerprint density at radius 2 is 1.88 bits per heavy atom. The van der Waals surface area contributed by atoms with Crippen LogP contribution in [0.1, 0.15) is 25.5 Å². The highest BCUT2D eigenvalue weighted by Crippen LogP contribution is 2.36. The van der Waals surface area contributed by atoms with E-state index in [1.807, 2.05) is 24.5 Å². The second kappa shape index (κ2) is 7.56. The fourth-order valence-electron chi connectivity index (χ4n) is 4.33. The van der Waals surface area contributed by atoms with Crippen LogP contribution in [0.4, 0.5) is 5.69 Å². The van der Waals surface area contributed by atoms with Gasteiger partial charge in [-0.15, -0.1) is 11.3 Å². The van der Waals surface area contributed by atoms with Crippen LogP contribution in [0.3, 0.4) is 0 Å². The number of anilines is 1. The molecule has 0 bridgehead atoms. The van der Waals surface area contributed by atoms with E-state index in [-0.39, 0.29) is 5.92 Å². The zero-order valence-corrected chi connectivity index (χ0v) is 19.1. The number of fused-ring (bicyclic) bond motifs is 2. The second-order valence-electron chi connectivity index (χ2n) is 8.47. The molecule has 162 valence electrons. The first-order valence-electron chi connectivity index (χ1n) is 10.8. The summed E-state index contributed by atoms with van der Waals surface area (Å²) in [6.07, 6.45) is 3.74. The molecule has 0 aliphatic carbocycles. The number of nitrogens with two attached hydrogens (primary N) is 1. The van der Waals surface area contributed by atoms with Crippen molar-refractivity contribution >= 4 is 39.0 Å². The van der Waals surface area contributed by atoms with Crippen molar-refractivity contribution in [2.75, 3.05) is 5.73 Å². The standard InChI is InChI=1S/C26H22N6S/c1-14(2)24-20(27)11-16(13-29-24)15-5-6-21-19(10-15)25(32-31-21)22-12-18-17(23-4-3-9-33-23)7-8-28-26(18)30-22/h3-14H,27H2,1-2H3,(H,28,30)(H,31,32). The van der Waals surface area contributed by atoms with Crippen LogP contribution in [0.25, 0.3) is 54.9 Å². The van der Waals surface area contributed by atoms with Crippen molar-refractivity contribution in [1.82, 2.24) is 25.1 Å². The van der Waals surface area contributed by atoms with E-state index in [4.69, 9.17) is 5.73 Å². The average molecular weight is 451 g/mol. The molecule has 5 heterocycles. The first-order valence-corrected chi connectivity index (χ1v) is 11.7. The van der Waals surface area contributed by atoms with Crippen molar-refractivity contribution in [2.45, 2.75) is 19.8 Å².